The second-order valence-electron chi connectivity index (χ2n) is 10.2. The van der Waals surface area contributed by atoms with Crippen molar-refractivity contribution in [1.82, 2.24) is 19.5 Å². The molecule has 2 aromatic heterocycles. The first-order valence-corrected chi connectivity index (χ1v) is 12.6. The normalized spacial score (nSPS) is 22.2. The standard InChI is InChI=1S/C25H31F4N7O/c1-24(8-10-37-11-9-24)35-22-31-14-20-21(34-22)36(17-5-2-15(13-30)3-6-17)23(33-20)32-19-12-16(25(27,28)29)4-7-18(19)26/h4,7,12,14-15,17H,2-3,5-6,8-11,13,30H2,1H3,(H,32,33)(H,31,34,35). The van der Waals surface area contributed by atoms with Crippen molar-refractivity contribution < 1.29 is 22.3 Å². The van der Waals surface area contributed by atoms with E-state index in [1.54, 1.807) is 6.20 Å². The van der Waals surface area contributed by atoms with Crippen molar-refractivity contribution in [2.45, 2.75) is 63.2 Å². The van der Waals surface area contributed by atoms with E-state index in [0.29, 0.717) is 42.8 Å². The Balaban J connectivity index is 1.54. The molecule has 1 saturated carbocycles. The summed E-state index contributed by atoms with van der Waals surface area (Å²) >= 11 is 0. The van der Waals surface area contributed by atoms with Gasteiger partial charge in [0.05, 0.1) is 17.4 Å². The van der Waals surface area contributed by atoms with Crippen molar-refractivity contribution in [2.24, 2.45) is 11.7 Å². The highest BCUT2D eigenvalue weighted by Gasteiger charge is 2.32. The van der Waals surface area contributed by atoms with Crippen LogP contribution >= 0.6 is 0 Å². The number of hydrogen-bond donors (Lipinski definition) is 3. The second kappa shape index (κ2) is 10.1. The van der Waals surface area contributed by atoms with E-state index in [9.17, 15) is 17.6 Å². The van der Waals surface area contributed by atoms with Crippen molar-refractivity contribution in [3.8, 4) is 0 Å². The van der Waals surface area contributed by atoms with Gasteiger partial charge in [-0.15, -0.1) is 0 Å². The van der Waals surface area contributed by atoms with Crippen LogP contribution in [0, 0.1) is 11.7 Å². The van der Waals surface area contributed by atoms with Crippen molar-refractivity contribution in [2.75, 3.05) is 30.4 Å². The summed E-state index contributed by atoms with van der Waals surface area (Å²) in [5.74, 6) is 0.279. The zero-order chi connectivity index (χ0) is 26.2. The number of benzene rings is 1. The Labute approximate surface area is 212 Å². The van der Waals surface area contributed by atoms with Crippen molar-refractivity contribution in [3.05, 3.63) is 35.8 Å². The van der Waals surface area contributed by atoms with Gasteiger partial charge < -0.3 is 21.1 Å². The molecule has 8 nitrogen and oxygen atoms in total. The molecule has 3 heterocycles. The monoisotopic (exact) mass is 521 g/mol. The fourth-order valence-corrected chi connectivity index (χ4v) is 5.16. The van der Waals surface area contributed by atoms with E-state index >= 15 is 0 Å². The summed E-state index contributed by atoms with van der Waals surface area (Å²) in [6.45, 7) is 3.99. The van der Waals surface area contributed by atoms with Crippen molar-refractivity contribution in [1.29, 1.82) is 0 Å². The highest BCUT2D eigenvalue weighted by molar-refractivity contribution is 5.77. The number of rotatable bonds is 6. The molecule has 0 spiro atoms. The predicted molar refractivity (Wildman–Crippen MR) is 132 cm³/mol. The number of fused-ring (bicyclic) bond motifs is 1. The number of aromatic nitrogens is 4. The average Bonchev–Trinajstić information content (AvgIpc) is 3.22. The molecule has 3 aromatic rings. The lowest BCUT2D eigenvalue weighted by Gasteiger charge is -2.34. The van der Waals surface area contributed by atoms with Crippen LogP contribution < -0.4 is 16.4 Å². The quantitative estimate of drug-likeness (QED) is 0.373. The number of anilines is 3. The van der Waals surface area contributed by atoms with E-state index in [4.69, 9.17) is 15.5 Å². The first-order valence-electron chi connectivity index (χ1n) is 12.6. The lowest BCUT2D eigenvalue weighted by Crippen LogP contribution is -2.41. The number of ether oxygens (including phenoxy) is 1. The molecular weight excluding hydrogens is 490 g/mol. The summed E-state index contributed by atoms with van der Waals surface area (Å²) in [7, 11) is 0. The van der Waals surface area contributed by atoms with E-state index in [-0.39, 0.29) is 23.2 Å². The van der Waals surface area contributed by atoms with Gasteiger partial charge in [0.1, 0.15) is 11.3 Å². The molecule has 1 saturated heterocycles. The van der Waals surface area contributed by atoms with E-state index in [1.807, 2.05) is 4.57 Å². The minimum Gasteiger partial charge on any atom is -0.381 e. The predicted octanol–water partition coefficient (Wildman–Crippen LogP) is 5.40. The zero-order valence-electron chi connectivity index (χ0n) is 20.6. The maximum absolute atomic E-state index is 14.6. The van der Waals surface area contributed by atoms with E-state index in [0.717, 1.165) is 56.7 Å². The first kappa shape index (κ1) is 25.7. The molecule has 0 unspecified atom stereocenters. The van der Waals surface area contributed by atoms with Crippen LogP contribution in [-0.2, 0) is 10.9 Å². The molecule has 0 bridgehead atoms. The lowest BCUT2D eigenvalue weighted by atomic mass is 9.86. The number of hydrogen-bond acceptors (Lipinski definition) is 7. The van der Waals surface area contributed by atoms with Crippen LogP contribution in [0.1, 0.15) is 57.1 Å². The highest BCUT2D eigenvalue weighted by Crippen LogP contribution is 2.38. The van der Waals surface area contributed by atoms with Gasteiger partial charge >= 0.3 is 6.18 Å². The molecular formula is C25H31F4N7O. The maximum atomic E-state index is 14.6. The fourth-order valence-electron chi connectivity index (χ4n) is 5.16. The summed E-state index contributed by atoms with van der Waals surface area (Å²) in [5, 5.41) is 6.24. The molecule has 5 rings (SSSR count). The molecule has 1 aliphatic carbocycles. The molecule has 0 amide bonds. The van der Waals surface area contributed by atoms with Gasteiger partial charge in [-0.1, -0.05) is 0 Å². The summed E-state index contributed by atoms with van der Waals surface area (Å²) in [6, 6.07) is 2.26. The number of halogens is 4. The zero-order valence-corrected chi connectivity index (χ0v) is 20.6. The molecule has 1 aliphatic heterocycles. The van der Waals surface area contributed by atoms with Crippen LogP contribution in [-0.4, -0.2) is 44.8 Å². The topological polar surface area (TPSA) is 103 Å². The van der Waals surface area contributed by atoms with E-state index in [1.165, 1.54) is 0 Å². The molecule has 12 heteroatoms. The number of nitrogens with one attached hydrogen (secondary N) is 2. The number of alkyl halides is 3. The highest BCUT2D eigenvalue weighted by atomic mass is 19.4. The molecule has 0 radical (unpaired) electrons. The Hall–Kier alpha value is -2.99. The largest absolute Gasteiger partial charge is 0.416 e. The SMILES string of the molecule is CC1(Nc2ncc3nc(Nc4cc(C(F)(F)F)ccc4F)n(C4CCC(CN)CC4)c3n2)CCOCC1. The van der Waals surface area contributed by atoms with Crippen LogP contribution in [0.25, 0.3) is 11.2 Å². The van der Waals surface area contributed by atoms with Crippen molar-refractivity contribution in [3.63, 3.8) is 0 Å². The van der Waals surface area contributed by atoms with Gasteiger partial charge in [-0.05, 0) is 76.1 Å². The summed E-state index contributed by atoms with van der Waals surface area (Å²) in [4.78, 5) is 13.8. The van der Waals surface area contributed by atoms with Gasteiger partial charge in [-0.25, -0.2) is 14.4 Å². The minimum atomic E-state index is -4.60. The lowest BCUT2D eigenvalue weighted by molar-refractivity contribution is -0.137. The molecule has 37 heavy (non-hydrogen) atoms. The molecule has 4 N–H and O–H groups in total. The number of nitrogens with two attached hydrogens (primary N) is 1. The summed E-state index contributed by atoms with van der Waals surface area (Å²) < 4.78 is 61.9. The van der Waals surface area contributed by atoms with Crippen LogP contribution in [0.4, 0.5) is 35.1 Å². The Morgan fingerprint density at radius 2 is 1.86 bits per heavy atom. The first-order chi connectivity index (χ1) is 17.6. The number of imidazole rings is 1. The van der Waals surface area contributed by atoms with E-state index in [2.05, 4.69) is 27.5 Å². The summed E-state index contributed by atoms with van der Waals surface area (Å²) in [6.07, 6.45) is 2.01. The molecule has 200 valence electrons. The Morgan fingerprint density at radius 3 is 2.54 bits per heavy atom. The van der Waals surface area contributed by atoms with Gasteiger partial charge in [0.15, 0.2) is 5.65 Å². The van der Waals surface area contributed by atoms with Gasteiger partial charge in [0.25, 0.3) is 0 Å². The Bertz CT molecular complexity index is 1250. The molecule has 2 aliphatic rings. The summed E-state index contributed by atoms with van der Waals surface area (Å²) in [5.41, 5.74) is 5.41. The second-order valence-corrected chi connectivity index (χ2v) is 10.2. The van der Waals surface area contributed by atoms with Gasteiger partial charge in [0, 0.05) is 24.8 Å². The van der Waals surface area contributed by atoms with Gasteiger partial charge in [-0.3, -0.25) is 4.57 Å². The van der Waals surface area contributed by atoms with E-state index < -0.39 is 17.6 Å². The average molecular weight is 522 g/mol. The van der Waals surface area contributed by atoms with Crippen molar-refractivity contribution >= 4 is 28.7 Å². The minimum absolute atomic E-state index is 0.0226. The van der Waals surface area contributed by atoms with Crippen LogP contribution in [0.2, 0.25) is 0 Å². The molecule has 1 aromatic carbocycles. The van der Waals surface area contributed by atoms with Crippen LogP contribution in [0.5, 0.6) is 0 Å². The van der Waals surface area contributed by atoms with Crippen LogP contribution in [0.15, 0.2) is 24.4 Å². The Kier molecular flexibility index (Phi) is 6.97. The third-order valence-corrected chi connectivity index (χ3v) is 7.50. The smallest absolute Gasteiger partial charge is 0.381 e. The maximum Gasteiger partial charge on any atom is 0.416 e. The fraction of sp³-hybridized carbons (Fsp3) is 0.560. The molecule has 2 fully saturated rings. The van der Waals surface area contributed by atoms with Gasteiger partial charge in [-0.2, -0.15) is 18.2 Å². The number of nitrogens with zero attached hydrogens (tertiary/aromatic N) is 4. The Morgan fingerprint density at radius 1 is 1.14 bits per heavy atom. The van der Waals surface area contributed by atoms with Crippen LogP contribution in [0.3, 0.4) is 0 Å². The third kappa shape index (κ3) is 5.49. The molecule has 0 atom stereocenters. The third-order valence-electron chi connectivity index (χ3n) is 7.50. The van der Waals surface area contributed by atoms with Gasteiger partial charge in [0.2, 0.25) is 11.9 Å².